The summed E-state index contributed by atoms with van der Waals surface area (Å²) in [6.07, 6.45) is 0. The number of aromatic nitrogens is 2. The van der Waals surface area contributed by atoms with Crippen LogP contribution in [0.5, 0.6) is 0 Å². The number of carbonyl (C=O) groups excluding carboxylic acids is 1. The highest BCUT2D eigenvalue weighted by Gasteiger charge is 2.19. The van der Waals surface area contributed by atoms with Crippen molar-refractivity contribution in [2.24, 2.45) is 7.05 Å². The van der Waals surface area contributed by atoms with Crippen molar-refractivity contribution in [2.45, 2.75) is 20.8 Å². The third-order valence-electron chi connectivity index (χ3n) is 3.04. The van der Waals surface area contributed by atoms with E-state index in [0.717, 1.165) is 11.3 Å². The van der Waals surface area contributed by atoms with E-state index in [0.29, 0.717) is 16.8 Å². The average molecular weight is 246 g/mol. The molecule has 1 aromatic heterocycles. The van der Waals surface area contributed by atoms with E-state index < -0.39 is 5.82 Å². The quantitative estimate of drug-likeness (QED) is 0.764. The molecule has 4 heteroatoms. The molecular formula is C14H15FN2O. The van der Waals surface area contributed by atoms with E-state index in [1.165, 1.54) is 12.1 Å². The van der Waals surface area contributed by atoms with Crippen LogP contribution in [-0.4, -0.2) is 15.6 Å². The lowest BCUT2D eigenvalue weighted by atomic mass is 10.00. The molecule has 2 aromatic rings. The normalized spacial score (nSPS) is 10.7. The summed E-state index contributed by atoms with van der Waals surface area (Å²) in [5.74, 6) is -0.571. The summed E-state index contributed by atoms with van der Waals surface area (Å²) in [5.41, 5.74) is 3.12. The fraction of sp³-hybridized carbons (Fsp3) is 0.286. The number of aryl methyl sites for hydroxylation is 3. The van der Waals surface area contributed by atoms with Gasteiger partial charge in [0.1, 0.15) is 5.82 Å². The molecule has 3 nitrogen and oxygen atoms in total. The maximum Gasteiger partial charge on any atom is 0.196 e. The van der Waals surface area contributed by atoms with Gasteiger partial charge in [-0.1, -0.05) is 0 Å². The number of ketones is 1. The Morgan fingerprint density at radius 2 is 1.89 bits per heavy atom. The van der Waals surface area contributed by atoms with Gasteiger partial charge < -0.3 is 0 Å². The van der Waals surface area contributed by atoms with Gasteiger partial charge in [0.05, 0.1) is 11.3 Å². The van der Waals surface area contributed by atoms with E-state index in [4.69, 9.17) is 0 Å². The van der Waals surface area contributed by atoms with Gasteiger partial charge in [0, 0.05) is 18.3 Å². The SMILES string of the molecule is Cc1cc(F)cc(C(=O)c2c(C)nn(C)c2C)c1. The van der Waals surface area contributed by atoms with Crippen LogP contribution in [0.1, 0.15) is 32.9 Å². The highest BCUT2D eigenvalue weighted by Crippen LogP contribution is 2.19. The first-order valence-corrected chi connectivity index (χ1v) is 5.72. The molecule has 0 atom stereocenters. The Bertz CT molecular complexity index is 609. The molecule has 0 unspecified atom stereocenters. The Hall–Kier alpha value is -1.97. The van der Waals surface area contributed by atoms with Crippen LogP contribution in [0.15, 0.2) is 18.2 Å². The van der Waals surface area contributed by atoms with Gasteiger partial charge >= 0.3 is 0 Å². The molecule has 18 heavy (non-hydrogen) atoms. The van der Waals surface area contributed by atoms with E-state index in [1.54, 1.807) is 31.6 Å². The standard InChI is InChI=1S/C14H15FN2O/c1-8-5-11(7-12(15)6-8)14(18)13-9(2)16-17(4)10(13)3/h5-7H,1-4H3. The molecule has 0 aliphatic carbocycles. The van der Waals surface area contributed by atoms with E-state index in [-0.39, 0.29) is 5.78 Å². The topological polar surface area (TPSA) is 34.9 Å². The molecule has 0 N–H and O–H groups in total. The van der Waals surface area contributed by atoms with E-state index in [9.17, 15) is 9.18 Å². The highest BCUT2D eigenvalue weighted by molar-refractivity contribution is 6.10. The predicted octanol–water partition coefficient (Wildman–Crippen LogP) is 2.72. The molecule has 0 fully saturated rings. The van der Waals surface area contributed by atoms with Gasteiger partial charge in [0.2, 0.25) is 0 Å². The molecule has 0 aliphatic rings. The predicted molar refractivity (Wildman–Crippen MR) is 67.3 cm³/mol. The van der Waals surface area contributed by atoms with Crippen molar-refractivity contribution in [3.05, 3.63) is 52.1 Å². The van der Waals surface area contributed by atoms with Gasteiger partial charge in [0.15, 0.2) is 5.78 Å². The summed E-state index contributed by atoms with van der Waals surface area (Å²) in [6, 6.07) is 4.36. The molecular weight excluding hydrogens is 231 g/mol. The van der Waals surface area contributed by atoms with Crippen molar-refractivity contribution >= 4 is 5.78 Å². The lowest BCUT2D eigenvalue weighted by molar-refractivity contribution is 0.103. The van der Waals surface area contributed by atoms with Gasteiger partial charge in [-0.25, -0.2) is 4.39 Å². The van der Waals surface area contributed by atoms with Crippen LogP contribution in [0.25, 0.3) is 0 Å². The maximum absolute atomic E-state index is 13.3. The molecule has 0 saturated carbocycles. The summed E-state index contributed by atoms with van der Waals surface area (Å²) >= 11 is 0. The van der Waals surface area contributed by atoms with Crippen LogP contribution in [-0.2, 0) is 7.05 Å². The summed E-state index contributed by atoms with van der Waals surface area (Å²) in [5, 5.41) is 4.20. The Morgan fingerprint density at radius 3 is 2.39 bits per heavy atom. The third kappa shape index (κ3) is 2.06. The summed E-state index contributed by atoms with van der Waals surface area (Å²) in [4.78, 5) is 12.4. The van der Waals surface area contributed by atoms with Crippen molar-refractivity contribution in [3.63, 3.8) is 0 Å². The van der Waals surface area contributed by atoms with Crippen LogP contribution in [0.2, 0.25) is 0 Å². The first kappa shape index (κ1) is 12.5. The number of hydrogen-bond acceptors (Lipinski definition) is 2. The Balaban J connectivity index is 2.54. The van der Waals surface area contributed by atoms with Crippen LogP contribution in [0.3, 0.4) is 0 Å². The largest absolute Gasteiger partial charge is 0.288 e. The first-order valence-electron chi connectivity index (χ1n) is 5.72. The number of rotatable bonds is 2. The molecule has 0 spiro atoms. The minimum atomic E-state index is -0.391. The van der Waals surface area contributed by atoms with E-state index in [2.05, 4.69) is 5.10 Å². The summed E-state index contributed by atoms with van der Waals surface area (Å²) in [6.45, 7) is 5.38. The monoisotopic (exact) mass is 246 g/mol. The van der Waals surface area contributed by atoms with Crippen molar-refractivity contribution in [1.82, 2.24) is 9.78 Å². The zero-order valence-electron chi connectivity index (χ0n) is 10.9. The molecule has 0 bridgehead atoms. The maximum atomic E-state index is 13.3. The zero-order valence-corrected chi connectivity index (χ0v) is 10.9. The number of benzene rings is 1. The van der Waals surface area contributed by atoms with Crippen LogP contribution in [0.4, 0.5) is 4.39 Å². The second-order valence-electron chi connectivity index (χ2n) is 4.52. The lowest BCUT2D eigenvalue weighted by Crippen LogP contribution is -2.05. The van der Waals surface area contributed by atoms with Crippen LogP contribution in [0, 0.1) is 26.6 Å². The number of carbonyl (C=O) groups is 1. The average Bonchev–Trinajstić information content (AvgIpc) is 2.51. The Morgan fingerprint density at radius 1 is 1.22 bits per heavy atom. The fourth-order valence-corrected chi connectivity index (χ4v) is 2.11. The minimum absolute atomic E-state index is 0.180. The Labute approximate surface area is 105 Å². The van der Waals surface area contributed by atoms with Crippen LogP contribution < -0.4 is 0 Å². The van der Waals surface area contributed by atoms with Gasteiger partial charge in [-0.05, 0) is 44.5 Å². The van der Waals surface area contributed by atoms with E-state index >= 15 is 0 Å². The molecule has 0 radical (unpaired) electrons. The Kier molecular flexibility index (Phi) is 3.03. The van der Waals surface area contributed by atoms with Crippen molar-refractivity contribution in [1.29, 1.82) is 0 Å². The molecule has 0 amide bonds. The summed E-state index contributed by atoms with van der Waals surface area (Å²) < 4.78 is 15.0. The van der Waals surface area contributed by atoms with Gasteiger partial charge in [-0.3, -0.25) is 9.48 Å². The molecule has 2 rings (SSSR count). The second kappa shape index (κ2) is 4.37. The molecule has 0 saturated heterocycles. The van der Waals surface area contributed by atoms with Gasteiger partial charge in [-0.2, -0.15) is 5.10 Å². The minimum Gasteiger partial charge on any atom is -0.288 e. The van der Waals surface area contributed by atoms with Crippen molar-refractivity contribution < 1.29 is 9.18 Å². The number of hydrogen-bond donors (Lipinski definition) is 0. The third-order valence-corrected chi connectivity index (χ3v) is 3.04. The van der Waals surface area contributed by atoms with Crippen molar-refractivity contribution in [2.75, 3.05) is 0 Å². The van der Waals surface area contributed by atoms with Crippen LogP contribution >= 0.6 is 0 Å². The zero-order chi connectivity index (χ0) is 13.4. The number of halogens is 1. The van der Waals surface area contributed by atoms with Crippen molar-refractivity contribution in [3.8, 4) is 0 Å². The molecule has 1 aromatic carbocycles. The van der Waals surface area contributed by atoms with Gasteiger partial charge in [0.25, 0.3) is 0 Å². The number of nitrogens with zero attached hydrogens (tertiary/aromatic N) is 2. The van der Waals surface area contributed by atoms with E-state index in [1.807, 2.05) is 6.92 Å². The smallest absolute Gasteiger partial charge is 0.196 e. The lowest BCUT2D eigenvalue weighted by Gasteiger charge is -2.03. The second-order valence-corrected chi connectivity index (χ2v) is 4.52. The van der Waals surface area contributed by atoms with Gasteiger partial charge in [-0.15, -0.1) is 0 Å². The fourth-order valence-electron chi connectivity index (χ4n) is 2.11. The molecule has 0 aliphatic heterocycles. The molecule has 1 heterocycles. The molecule has 94 valence electrons. The summed E-state index contributed by atoms with van der Waals surface area (Å²) in [7, 11) is 1.79. The first-order chi connectivity index (χ1) is 8.40. The highest BCUT2D eigenvalue weighted by atomic mass is 19.1.